The smallest absolute Gasteiger partial charge is 0.194 e. The van der Waals surface area contributed by atoms with Crippen molar-refractivity contribution < 1.29 is 33.7 Å². The molecule has 9 heteroatoms. The van der Waals surface area contributed by atoms with Crippen LogP contribution in [-0.4, -0.2) is 51.9 Å². The molecule has 5 aliphatic rings. The lowest BCUT2D eigenvalue weighted by Gasteiger charge is -2.62. The number of allylic oxidation sites excluding steroid dienone is 4. The number of hydrogen-bond donors (Lipinski definition) is 3. The average molecular weight is 594 g/mol. The van der Waals surface area contributed by atoms with E-state index in [1.165, 1.54) is 23.5 Å². The van der Waals surface area contributed by atoms with Crippen LogP contribution >= 0.6 is 11.3 Å². The molecule has 9 atom stereocenters. The van der Waals surface area contributed by atoms with Gasteiger partial charge in [0, 0.05) is 22.4 Å². The molecule has 1 aromatic heterocycles. The molecule has 1 saturated heterocycles. The number of nitrogen functional groups attached to an aromatic ring is 1. The van der Waals surface area contributed by atoms with Crippen LogP contribution in [0.4, 0.5) is 10.1 Å². The van der Waals surface area contributed by atoms with Crippen molar-refractivity contribution in [3.05, 3.63) is 75.5 Å². The highest BCUT2D eigenvalue weighted by Crippen LogP contribution is 2.72. The molecule has 2 heterocycles. The van der Waals surface area contributed by atoms with Crippen LogP contribution in [0.25, 0.3) is 0 Å². The third kappa shape index (κ3) is 3.57. The lowest BCUT2D eigenvalue weighted by atomic mass is 9.44. The molecule has 1 aromatic carbocycles. The van der Waals surface area contributed by atoms with Crippen LogP contribution in [0.5, 0.6) is 0 Å². The summed E-state index contributed by atoms with van der Waals surface area (Å²) in [6, 6.07) is 9.72. The standard InChI is InChI=1S/C33H36FNO6S/c1-30-9-8-22(37)13-20(30)6-7-23-24-14-28-33(27(39)16-36,31(24,2)15-26(38)32(23,30)34)41-29(40-28)25-12-19(17-42-25)10-18-4-3-5-21(35)11-18/h3-5,8-9,11-13,17,23-24,26,28-29,36,38H,6-7,10,14-16,35H2,1-2H3/t23-,24-,26-,28+,29-,30-,31-,32-,33+/m0/s1. The van der Waals surface area contributed by atoms with Crippen molar-refractivity contribution in [2.24, 2.45) is 22.7 Å². The van der Waals surface area contributed by atoms with Gasteiger partial charge in [-0.2, -0.15) is 0 Å². The average Bonchev–Trinajstić information content (AvgIpc) is 3.63. The predicted molar refractivity (Wildman–Crippen MR) is 155 cm³/mol. The van der Waals surface area contributed by atoms with Crippen molar-refractivity contribution in [3.8, 4) is 0 Å². The molecular formula is C33H36FNO6S. The molecule has 4 aliphatic carbocycles. The van der Waals surface area contributed by atoms with Gasteiger partial charge in [-0.3, -0.25) is 9.59 Å². The van der Waals surface area contributed by atoms with Crippen LogP contribution in [0.3, 0.4) is 0 Å². The molecule has 0 spiro atoms. The number of fused-ring (bicyclic) bond motifs is 7. The first-order valence-electron chi connectivity index (χ1n) is 14.7. The number of carbonyl (C=O) groups excluding carboxylic acids is 2. The Kier molecular flexibility index (Phi) is 6.29. The number of carbonyl (C=O) groups is 2. The number of rotatable bonds is 5. The van der Waals surface area contributed by atoms with E-state index in [-0.39, 0.29) is 18.1 Å². The minimum Gasteiger partial charge on any atom is -0.399 e. The van der Waals surface area contributed by atoms with E-state index in [2.05, 4.69) is 0 Å². The maximum atomic E-state index is 17.5. The van der Waals surface area contributed by atoms with Gasteiger partial charge in [0.1, 0.15) is 6.61 Å². The summed E-state index contributed by atoms with van der Waals surface area (Å²) in [6.07, 6.45) is 3.60. The van der Waals surface area contributed by atoms with E-state index in [1.807, 2.05) is 42.6 Å². The first-order valence-corrected chi connectivity index (χ1v) is 15.5. The fourth-order valence-corrected chi connectivity index (χ4v) is 10.1. The SMILES string of the molecule is C[C@]12C=CC(=O)C=C1CC[C@H]1[C@@H]3C[C@H]4O[C@H](c5cc(Cc6cccc(N)c6)cs5)O[C@@]4(C(=O)CO)[C@@]3(C)C[C@H](O)[C@@]12F. The number of hydrogen-bond acceptors (Lipinski definition) is 8. The number of Topliss-reactive ketones (excluding diaryl/α,β-unsaturated/α-hetero) is 1. The van der Waals surface area contributed by atoms with Crippen molar-refractivity contribution in [1.82, 2.24) is 0 Å². The highest BCUT2D eigenvalue weighted by molar-refractivity contribution is 7.10. The Morgan fingerprint density at radius 1 is 1.21 bits per heavy atom. The normalized spacial score (nSPS) is 42.0. The molecule has 0 unspecified atom stereocenters. The molecule has 3 saturated carbocycles. The van der Waals surface area contributed by atoms with Crippen LogP contribution in [-0.2, 0) is 25.5 Å². The third-order valence-electron chi connectivity index (χ3n) is 11.2. The Bertz CT molecular complexity index is 1540. The molecule has 4 fully saturated rings. The van der Waals surface area contributed by atoms with E-state index in [4.69, 9.17) is 15.2 Å². The number of alkyl halides is 1. The van der Waals surface area contributed by atoms with E-state index >= 15 is 4.39 Å². The van der Waals surface area contributed by atoms with Crippen molar-refractivity contribution in [3.63, 3.8) is 0 Å². The summed E-state index contributed by atoms with van der Waals surface area (Å²) >= 11 is 1.48. The van der Waals surface area contributed by atoms with Gasteiger partial charge in [0.15, 0.2) is 29.1 Å². The van der Waals surface area contributed by atoms with Gasteiger partial charge < -0.3 is 25.4 Å². The fourth-order valence-electron chi connectivity index (χ4n) is 9.25. The molecule has 0 amide bonds. The van der Waals surface area contributed by atoms with Gasteiger partial charge in [0.2, 0.25) is 0 Å². The molecule has 42 heavy (non-hydrogen) atoms. The van der Waals surface area contributed by atoms with Gasteiger partial charge in [-0.25, -0.2) is 4.39 Å². The van der Waals surface area contributed by atoms with Gasteiger partial charge in [-0.1, -0.05) is 30.7 Å². The van der Waals surface area contributed by atoms with E-state index in [0.717, 1.165) is 16.0 Å². The van der Waals surface area contributed by atoms with Crippen molar-refractivity contribution in [2.75, 3.05) is 12.3 Å². The minimum absolute atomic E-state index is 0.0290. The Labute approximate surface area is 248 Å². The van der Waals surface area contributed by atoms with Crippen LogP contribution in [0.15, 0.2) is 59.5 Å². The number of aliphatic hydroxyl groups is 2. The lowest BCUT2D eigenvalue weighted by Crippen LogP contribution is -2.69. The second kappa shape index (κ2) is 9.40. The Hall–Kier alpha value is -2.69. The topological polar surface area (TPSA) is 119 Å². The Morgan fingerprint density at radius 2 is 2.02 bits per heavy atom. The minimum atomic E-state index is -2.02. The van der Waals surface area contributed by atoms with Gasteiger partial charge in [-0.15, -0.1) is 11.3 Å². The van der Waals surface area contributed by atoms with E-state index < -0.39 is 58.9 Å². The highest BCUT2D eigenvalue weighted by atomic mass is 32.1. The van der Waals surface area contributed by atoms with Crippen LogP contribution in [0.2, 0.25) is 0 Å². The van der Waals surface area contributed by atoms with Crippen molar-refractivity contribution in [1.29, 1.82) is 0 Å². The van der Waals surface area contributed by atoms with E-state index in [9.17, 15) is 19.8 Å². The van der Waals surface area contributed by atoms with Crippen LogP contribution < -0.4 is 5.73 Å². The maximum Gasteiger partial charge on any atom is 0.194 e. The summed E-state index contributed by atoms with van der Waals surface area (Å²) in [4.78, 5) is 26.6. The summed E-state index contributed by atoms with van der Waals surface area (Å²) in [7, 11) is 0. The number of ether oxygens (including phenoxy) is 2. The zero-order valence-corrected chi connectivity index (χ0v) is 24.5. The largest absolute Gasteiger partial charge is 0.399 e. The molecule has 1 aliphatic heterocycles. The number of halogens is 1. The summed E-state index contributed by atoms with van der Waals surface area (Å²) in [5.41, 5.74) is 3.84. The molecule has 0 bridgehead atoms. The molecule has 0 radical (unpaired) electrons. The van der Waals surface area contributed by atoms with Crippen LogP contribution in [0, 0.1) is 22.7 Å². The molecular weight excluding hydrogens is 557 g/mol. The summed E-state index contributed by atoms with van der Waals surface area (Å²) < 4.78 is 30.6. The summed E-state index contributed by atoms with van der Waals surface area (Å²) in [6.45, 7) is 2.93. The fraction of sp³-hybridized carbons (Fsp3) is 0.515. The molecule has 7 nitrogen and oxygen atoms in total. The number of benzene rings is 1. The Balaban J connectivity index is 1.21. The molecule has 4 N–H and O–H groups in total. The van der Waals surface area contributed by atoms with Gasteiger partial charge in [-0.05, 0) is 91.8 Å². The van der Waals surface area contributed by atoms with Gasteiger partial charge in [0.25, 0.3) is 0 Å². The molecule has 222 valence electrons. The maximum absolute atomic E-state index is 17.5. The third-order valence-corrected chi connectivity index (χ3v) is 12.2. The second-order valence-electron chi connectivity index (χ2n) is 13.2. The van der Waals surface area contributed by atoms with Crippen molar-refractivity contribution in [2.45, 2.75) is 75.7 Å². The zero-order chi connectivity index (χ0) is 29.7. The first kappa shape index (κ1) is 28.1. The number of ketones is 2. The van der Waals surface area contributed by atoms with Gasteiger partial charge in [0.05, 0.1) is 17.1 Å². The molecule has 2 aromatic rings. The van der Waals surface area contributed by atoms with E-state index in [1.54, 1.807) is 13.0 Å². The number of anilines is 1. The van der Waals surface area contributed by atoms with Crippen LogP contribution in [0.1, 0.15) is 61.8 Å². The second-order valence-corrected chi connectivity index (χ2v) is 14.1. The summed E-state index contributed by atoms with van der Waals surface area (Å²) in [5, 5.41) is 23.9. The number of thiophene rings is 1. The van der Waals surface area contributed by atoms with E-state index in [0.29, 0.717) is 36.9 Å². The van der Waals surface area contributed by atoms with Crippen molar-refractivity contribution >= 4 is 28.6 Å². The summed E-state index contributed by atoms with van der Waals surface area (Å²) in [5.74, 6) is -1.59. The first-order chi connectivity index (χ1) is 20.0. The van der Waals surface area contributed by atoms with Gasteiger partial charge >= 0.3 is 0 Å². The number of nitrogens with two attached hydrogens (primary N) is 1. The number of aliphatic hydroxyl groups excluding tert-OH is 2. The Morgan fingerprint density at radius 3 is 2.79 bits per heavy atom. The highest BCUT2D eigenvalue weighted by Gasteiger charge is 2.79. The zero-order valence-electron chi connectivity index (χ0n) is 23.7. The monoisotopic (exact) mass is 593 g/mol. The quantitative estimate of drug-likeness (QED) is 0.433. The molecule has 7 rings (SSSR count). The lowest BCUT2D eigenvalue weighted by molar-refractivity contribution is -0.231. The predicted octanol–water partition coefficient (Wildman–Crippen LogP) is 4.62.